The van der Waals surface area contributed by atoms with E-state index in [2.05, 4.69) is 30.1 Å². The summed E-state index contributed by atoms with van der Waals surface area (Å²) in [6.45, 7) is 2.74. The minimum absolute atomic E-state index is 0.0404. The highest BCUT2D eigenvalue weighted by atomic mass is 32.2. The van der Waals surface area contributed by atoms with Gasteiger partial charge in [-0.2, -0.15) is 10.2 Å². The van der Waals surface area contributed by atoms with Crippen molar-refractivity contribution in [2.24, 2.45) is 0 Å². The van der Waals surface area contributed by atoms with Gasteiger partial charge in [0.1, 0.15) is 22.7 Å². The Bertz CT molecular complexity index is 648. The van der Waals surface area contributed by atoms with Crippen LogP contribution in [0.5, 0.6) is 0 Å². The molecule has 0 radical (unpaired) electrons. The van der Waals surface area contributed by atoms with E-state index >= 15 is 0 Å². The Hall–Kier alpha value is -1.78. The monoisotopic (exact) mass is 286 g/mol. The fourth-order valence-electron chi connectivity index (χ4n) is 1.70. The van der Waals surface area contributed by atoms with E-state index < -0.39 is 22.7 Å². The predicted octanol–water partition coefficient (Wildman–Crippen LogP) is -0.632. The third kappa shape index (κ3) is 2.64. The lowest BCUT2D eigenvalue weighted by Gasteiger charge is -2.12. The average Bonchev–Trinajstić information content (AvgIpc) is 2.96. The van der Waals surface area contributed by atoms with E-state index in [4.69, 9.17) is 5.11 Å². The van der Waals surface area contributed by atoms with Crippen molar-refractivity contribution in [1.82, 2.24) is 30.1 Å². The summed E-state index contributed by atoms with van der Waals surface area (Å²) in [6, 6.07) is -0.576. The Balaban J connectivity index is 2.30. The summed E-state index contributed by atoms with van der Waals surface area (Å²) in [6.07, 6.45) is 1.29. The van der Waals surface area contributed by atoms with Gasteiger partial charge in [0, 0.05) is 0 Å². The largest absolute Gasteiger partial charge is 0.390 e. The lowest BCUT2D eigenvalue weighted by molar-refractivity contribution is 0.273. The van der Waals surface area contributed by atoms with Gasteiger partial charge in [-0.3, -0.25) is 10.2 Å². The fourth-order valence-corrected chi connectivity index (χ4v) is 3.27. The smallest absolute Gasteiger partial charge is 0.244 e. The van der Waals surface area contributed by atoms with E-state index in [0.29, 0.717) is 11.5 Å². The molecule has 0 aromatic carbocycles. The van der Waals surface area contributed by atoms with Gasteiger partial charge in [0.15, 0.2) is 0 Å². The molecule has 2 rings (SSSR count). The van der Waals surface area contributed by atoms with Crippen molar-refractivity contribution in [3.8, 4) is 0 Å². The molecule has 2 aromatic rings. The molecule has 1 atom stereocenters. The number of aliphatic hydroxyl groups is 1. The van der Waals surface area contributed by atoms with Crippen LogP contribution >= 0.6 is 0 Å². The molecular weight excluding hydrogens is 272 g/mol. The van der Waals surface area contributed by atoms with Crippen LogP contribution in [0.4, 0.5) is 0 Å². The Morgan fingerprint density at radius 3 is 2.79 bits per heavy atom. The number of aryl methyl sites for hydroxylation is 1. The molecule has 104 valence electrons. The first kappa shape index (κ1) is 13.6. The van der Waals surface area contributed by atoms with Crippen LogP contribution in [0.3, 0.4) is 0 Å². The van der Waals surface area contributed by atoms with Crippen molar-refractivity contribution in [1.29, 1.82) is 0 Å². The first-order valence-corrected chi connectivity index (χ1v) is 6.96. The molecular formula is C9H14N6O3S. The van der Waals surface area contributed by atoms with E-state index in [1.807, 2.05) is 0 Å². The van der Waals surface area contributed by atoms with Gasteiger partial charge in [0.2, 0.25) is 10.0 Å². The molecule has 0 saturated carbocycles. The number of H-pyrrole nitrogens is 2. The SMILES string of the molecule is Cc1[nH]nc(CO)c1S(=O)(=O)NC(C)c1ncn[nH]1. The van der Waals surface area contributed by atoms with Crippen molar-refractivity contribution < 1.29 is 13.5 Å². The lowest BCUT2D eigenvalue weighted by Crippen LogP contribution is -2.28. The quantitative estimate of drug-likeness (QED) is 0.577. The first-order chi connectivity index (χ1) is 8.95. The molecule has 0 saturated heterocycles. The van der Waals surface area contributed by atoms with E-state index in [-0.39, 0.29) is 10.6 Å². The molecule has 4 N–H and O–H groups in total. The van der Waals surface area contributed by atoms with Crippen molar-refractivity contribution >= 4 is 10.0 Å². The van der Waals surface area contributed by atoms with Crippen LogP contribution in [0.1, 0.15) is 30.2 Å². The Kier molecular flexibility index (Phi) is 3.64. The second kappa shape index (κ2) is 5.07. The van der Waals surface area contributed by atoms with Crippen LogP contribution in [0.25, 0.3) is 0 Å². The molecule has 2 heterocycles. The van der Waals surface area contributed by atoms with Crippen molar-refractivity contribution in [2.45, 2.75) is 31.4 Å². The molecule has 0 spiro atoms. The zero-order chi connectivity index (χ0) is 14.0. The van der Waals surface area contributed by atoms with Gasteiger partial charge < -0.3 is 5.11 Å². The highest BCUT2D eigenvalue weighted by Crippen LogP contribution is 2.19. The van der Waals surface area contributed by atoms with Gasteiger partial charge in [-0.1, -0.05) is 0 Å². The Morgan fingerprint density at radius 2 is 2.21 bits per heavy atom. The molecule has 0 aliphatic heterocycles. The predicted molar refractivity (Wildman–Crippen MR) is 64.4 cm³/mol. The highest BCUT2D eigenvalue weighted by Gasteiger charge is 2.26. The van der Waals surface area contributed by atoms with E-state index in [0.717, 1.165) is 0 Å². The van der Waals surface area contributed by atoms with Crippen LogP contribution in [-0.2, 0) is 16.6 Å². The maximum atomic E-state index is 12.3. The number of rotatable bonds is 5. The molecule has 0 fully saturated rings. The number of nitrogens with one attached hydrogen (secondary N) is 3. The number of aromatic amines is 2. The van der Waals surface area contributed by atoms with Crippen LogP contribution in [-0.4, -0.2) is 38.9 Å². The maximum absolute atomic E-state index is 12.3. The molecule has 0 aliphatic rings. The van der Waals surface area contributed by atoms with Crippen LogP contribution in [0.15, 0.2) is 11.2 Å². The third-order valence-electron chi connectivity index (χ3n) is 2.56. The van der Waals surface area contributed by atoms with Crippen molar-refractivity contribution in [3.63, 3.8) is 0 Å². The molecule has 19 heavy (non-hydrogen) atoms. The zero-order valence-corrected chi connectivity index (χ0v) is 11.2. The van der Waals surface area contributed by atoms with Gasteiger partial charge in [0.25, 0.3) is 0 Å². The topological polar surface area (TPSA) is 137 Å². The summed E-state index contributed by atoms with van der Waals surface area (Å²) in [5, 5.41) is 21.6. The highest BCUT2D eigenvalue weighted by molar-refractivity contribution is 7.89. The summed E-state index contributed by atoms with van der Waals surface area (Å²) in [5.41, 5.74) is 0.441. The lowest BCUT2D eigenvalue weighted by atomic mass is 10.3. The Labute approximate surface area is 109 Å². The van der Waals surface area contributed by atoms with E-state index in [9.17, 15) is 8.42 Å². The molecule has 9 nitrogen and oxygen atoms in total. The van der Waals surface area contributed by atoms with E-state index in [1.54, 1.807) is 13.8 Å². The number of aliphatic hydroxyl groups excluding tert-OH is 1. The van der Waals surface area contributed by atoms with Gasteiger partial charge in [-0.05, 0) is 13.8 Å². The van der Waals surface area contributed by atoms with Gasteiger partial charge in [0.05, 0.1) is 18.3 Å². The number of aromatic nitrogens is 5. The molecule has 10 heteroatoms. The second-order valence-electron chi connectivity index (χ2n) is 4.00. The van der Waals surface area contributed by atoms with Crippen LogP contribution < -0.4 is 4.72 Å². The third-order valence-corrected chi connectivity index (χ3v) is 4.30. The fraction of sp³-hybridized carbons (Fsp3) is 0.444. The summed E-state index contributed by atoms with van der Waals surface area (Å²) in [5.74, 6) is 0.398. The number of hydrogen-bond acceptors (Lipinski definition) is 6. The molecule has 0 aliphatic carbocycles. The van der Waals surface area contributed by atoms with E-state index in [1.165, 1.54) is 6.33 Å². The van der Waals surface area contributed by atoms with Crippen molar-refractivity contribution in [2.75, 3.05) is 0 Å². The zero-order valence-electron chi connectivity index (χ0n) is 10.4. The van der Waals surface area contributed by atoms with Gasteiger partial charge >= 0.3 is 0 Å². The summed E-state index contributed by atoms with van der Waals surface area (Å²) in [4.78, 5) is 3.84. The van der Waals surface area contributed by atoms with Crippen LogP contribution in [0, 0.1) is 6.92 Å². The minimum Gasteiger partial charge on any atom is -0.390 e. The molecule has 0 bridgehead atoms. The normalized spacial score (nSPS) is 13.6. The number of hydrogen-bond donors (Lipinski definition) is 4. The van der Waals surface area contributed by atoms with Gasteiger partial charge in [-0.15, -0.1) is 0 Å². The first-order valence-electron chi connectivity index (χ1n) is 5.48. The summed E-state index contributed by atoms with van der Waals surface area (Å²) in [7, 11) is -3.81. The molecule has 1 unspecified atom stereocenters. The van der Waals surface area contributed by atoms with Crippen molar-refractivity contribution in [3.05, 3.63) is 23.5 Å². The molecule has 0 amide bonds. The maximum Gasteiger partial charge on any atom is 0.244 e. The second-order valence-corrected chi connectivity index (χ2v) is 5.65. The van der Waals surface area contributed by atoms with Crippen LogP contribution in [0.2, 0.25) is 0 Å². The number of nitrogens with zero attached hydrogens (tertiary/aromatic N) is 3. The summed E-state index contributed by atoms with van der Waals surface area (Å²) >= 11 is 0. The average molecular weight is 286 g/mol. The summed E-state index contributed by atoms with van der Waals surface area (Å²) < 4.78 is 27.0. The number of sulfonamides is 1. The molecule has 2 aromatic heterocycles. The minimum atomic E-state index is -3.81. The van der Waals surface area contributed by atoms with Gasteiger partial charge in [-0.25, -0.2) is 18.1 Å². The standard InChI is InChI=1S/C9H14N6O3S/c1-5-8(7(3-16)13-12-5)19(17,18)15-6(2)9-10-4-11-14-9/h4,6,15-16H,3H2,1-2H3,(H,12,13)(H,10,11,14). The Morgan fingerprint density at radius 1 is 1.47 bits per heavy atom.